The van der Waals surface area contributed by atoms with Gasteiger partial charge < -0.3 is 9.84 Å². The van der Waals surface area contributed by atoms with Gasteiger partial charge in [-0.1, -0.05) is 40.2 Å². The van der Waals surface area contributed by atoms with E-state index in [9.17, 15) is 5.11 Å². The van der Waals surface area contributed by atoms with Crippen LogP contribution in [0.3, 0.4) is 0 Å². The lowest BCUT2D eigenvalue weighted by Gasteiger charge is -2.07. The first kappa shape index (κ1) is 11.1. The maximum Gasteiger partial charge on any atom is 0.165 e. The molecule has 0 spiro atoms. The second-order valence-corrected chi connectivity index (χ2v) is 3.33. The summed E-state index contributed by atoms with van der Waals surface area (Å²) in [6.45, 7) is 2.44. The zero-order valence-corrected chi connectivity index (χ0v) is 9.62. The predicted molar refractivity (Wildman–Crippen MR) is 62.1 cm³/mol. The molecular weight excluding hydrogens is 244 g/mol. The Labute approximate surface area is 92.3 Å². The van der Waals surface area contributed by atoms with Crippen LogP contribution in [0, 0.1) is 0 Å². The molecule has 0 amide bonds. The zero-order chi connectivity index (χ0) is 10.4. The molecule has 0 aromatic heterocycles. The van der Waals surface area contributed by atoms with Crippen LogP contribution in [0.15, 0.2) is 24.3 Å². The second kappa shape index (κ2) is 5.70. The SMILES string of the molecule is CCOc1cccc(C=CCBr)c1O. The van der Waals surface area contributed by atoms with Crippen molar-refractivity contribution in [3.8, 4) is 11.5 Å². The van der Waals surface area contributed by atoms with E-state index in [1.165, 1.54) is 0 Å². The van der Waals surface area contributed by atoms with Gasteiger partial charge in [0.15, 0.2) is 11.5 Å². The van der Waals surface area contributed by atoms with E-state index in [4.69, 9.17) is 4.74 Å². The second-order valence-electron chi connectivity index (χ2n) is 2.68. The quantitative estimate of drug-likeness (QED) is 0.839. The number of phenols is 1. The number of hydrogen-bond acceptors (Lipinski definition) is 2. The summed E-state index contributed by atoms with van der Waals surface area (Å²) in [5.41, 5.74) is 0.774. The van der Waals surface area contributed by atoms with Crippen molar-refractivity contribution in [3.63, 3.8) is 0 Å². The van der Waals surface area contributed by atoms with Crippen LogP contribution >= 0.6 is 15.9 Å². The monoisotopic (exact) mass is 256 g/mol. The molecule has 1 aromatic rings. The molecule has 76 valence electrons. The molecule has 1 rings (SSSR count). The first-order valence-corrected chi connectivity index (χ1v) is 5.59. The number of phenolic OH excluding ortho intramolecular Hbond substituents is 1. The van der Waals surface area contributed by atoms with Crippen molar-refractivity contribution in [1.29, 1.82) is 0 Å². The highest BCUT2D eigenvalue weighted by atomic mass is 79.9. The average Bonchev–Trinajstić information content (AvgIpc) is 2.20. The largest absolute Gasteiger partial charge is 0.504 e. The summed E-state index contributed by atoms with van der Waals surface area (Å²) in [7, 11) is 0. The van der Waals surface area contributed by atoms with Crippen molar-refractivity contribution >= 4 is 22.0 Å². The minimum absolute atomic E-state index is 0.201. The molecule has 0 aliphatic carbocycles. The number of halogens is 1. The molecule has 0 atom stereocenters. The molecule has 0 aliphatic heterocycles. The summed E-state index contributed by atoms with van der Waals surface area (Å²) in [6, 6.07) is 5.46. The number of allylic oxidation sites excluding steroid dienone is 1. The summed E-state index contributed by atoms with van der Waals surface area (Å²) in [6.07, 6.45) is 3.78. The lowest BCUT2D eigenvalue weighted by molar-refractivity contribution is 0.318. The fraction of sp³-hybridized carbons (Fsp3) is 0.273. The highest BCUT2D eigenvalue weighted by molar-refractivity contribution is 9.09. The van der Waals surface area contributed by atoms with E-state index in [1.807, 2.05) is 31.2 Å². The maximum atomic E-state index is 9.75. The minimum atomic E-state index is 0.201. The first-order valence-electron chi connectivity index (χ1n) is 4.47. The van der Waals surface area contributed by atoms with E-state index in [0.29, 0.717) is 12.4 Å². The van der Waals surface area contributed by atoms with Gasteiger partial charge >= 0.3 is 0 Å². The van der Waals surface area contributed by atoms with Crippen molar-refractivity contribution < 1.29 is 9.84 Å². The third-order valence-corrected chi connectivity index (χ3v) is 2.09. The Morgan fingerprint density at radius 3 is 2.93 bits per heavy atom. The summed E-state index contributed by atoms with van der Waals surface area (Å²) in [4.78, 5) is 0. The lowest BCUT2D eigenvalue weighted by Crippen LogP contribution is -1.92. The van der Waals surface area contributed by atoms with E-state index < -0.39 is 0 Å². The Bertz CT molecular complexity index is 321. The molecule has 0 unspecified atom stereocenters. The molecular formula is C11H13BrO2. The predicted octanol–water partition coefficient (Wildman–Crippen LogP) is 3.20. The van der Waals surface area contributed by atoms with Crippen LogP contribution in [0.25, 0.3) is 6.08 Å². The van der Waals surface area contributed by atoms with Gasteiger partial charge in [0.25, 0.3) is 0 Å². The van der Waals surface area contributed by atoms with Gasteiger partial charge in [-0.2, -0.15) is 0 Å². The highest BCUT2D eigenvalue weighted by Gasteiger charge is 2.04. The molecule has 2 nitrogen and oxygen atoms in total. The number of benzene rings is 1. The topological polar surface area (TPSA) is 29.5 Å². The average molecular weight is 257 g/mol. The van der Waals surface area contributed by atoms with Gasteiger partial charge in [0.2, 0.25) is 0 Å². The maximum absolute atomic E-state index is 9.75. The Balaban J connectivity index is 2.95. The van der Waals surface area contributed by atoms with Gasteiger partial charge in [0.05, 0.1) is 6.61 Å². The van der Waals surface area contributed by atoms with Crippen molar-refractivity contribution in [2.45, 2.75) is 6.92 Å². The van der Waals surface area contributed by atoms with Crippen LogP contribution in [-0.4, -0.2) is 17.0 Å². The van der Waals surface area contributed by atoms with Crippen LogP contribution in [0.2, 0.25) is 0 Å². The van der Waals surface area contributed by atoms with Gasteiger partial charge in [-0.15, -0.1) is 0 Å². The van der Waals surface area contributed by atoms with Gasteiger partial charge in [-0.05, 0) is 13.0 Å². The van der Waals surface area contributed by atoms with Crippen LogP contribution in [0.1, 0.15) is 12.5 Å². The van der Waals surface area contributed by atoms with Gasteiger partial charge in [0, 0.05) is 10.9 Å². The molecule has 0 saturated heterocycles. The van der Waals surface area contributed by atoms with Gasteiger partial charge in [-0.25, -0.2) is 0 Å². The Hall–Kier alpha value is -0.960. The van der Waals surface area contributed by atoms with E-state index in [2.05, 4.69) is 15.9 Å². The fourth-order valence-electron chi connectivity index (χ4n) is 1.12. The number of ether oxygens (including phenoxy) is 1. The Morgan fingerprint density at radius 1 is 1.50 bits per heavy atom. The fourth-order valence-corrected chi connectivity index (χ4v) is 1.30. The van der Waals surface area contributed by atoms with E-state index in [-0.39, 0.29) is 5.75 Å². The van der Waals surface area contributed by atoms with E-state index >= 15 is 0 Å². The van der Waals surface area contributed by atoms with Crippen molar-refractivity contribution in [2.75, 3.05) is 11.9 Å². The molecule has 0 bridgehead atoms. The number of alkyl halides is 1. The first-order chi connectivity index (χ1) is 6.79. The molecule has 1 aromatic carbocycles. The summed E-state index contributed by atoms with van der Waals surface area (Å²) in [5, 5.41) is 10.5. The van der Waals surface area contributed by atoms with Gasteiger partial charge in [0.1, 0.15) is 0 Å². The Kier molecular flexibility index (Phi) is 4.53. The number of aromatic hydroxyl groups is 1. The molecule has 0 fully saturated rings. The summed E-state index contributed by atoms with van der Waals surface area (Å²) >= 11 is 3.28. The van der Waals surface area contributed by atoms with E-state index in [0.717, 1.165) is 10.9 Å². The molecule has 0 aliphatic rings. The number of hydrogen-bond donors (Lipinski definition) is 1. The highest BCUT2D eigenvalue weighted by Crippen LogP contribution is 2.30. The van der Waals surface area contributed by atoms with Crippen LogP contribution in [0.5, 0.6) is 11.5 Å². The van der Waals surface area contributed by atoms with E-state index in [1.54, 1.807) is 6.07 Å². The van der Waals surface area contributed by atoms with Crippen molar-refractivity contribution in [3.05, 3.63) is 29.8 Å². The third kappa shape index (κ3) is 2.77. The molecule has 0 saturated carbocycles. The molecule has 0 heterocycles. The van der Waals surface area contributed by atoms with Crippen LogP contribution in [-0.2, 0) is 0 Å². The molecule has 0 radical (unpaired) electrons. The molecule has 1 N–H and O–H groups in total. The Morgan fingerprint density at radius 2 is 2.29 bits per heavy atom. The molecule has 14 heavy (non-hydrogen) atoms. The van der Waals surface area contributed by atoms with Crippen LogP contribution < -0.4 is 4.74 Å². The zero-order valence-electron chi connectivity index (χ0n) is 8.03. The third-order valence-electron chi connectivity index (χ3n) is 1.72. The van der Waals surface area contributed by atoms with Crippen molar-refractivity contribution in [1.82, 2.24) is 0 Å². The lowest BCUT2D eigenvalue weighted by atomic mass is 10.2. The normalized spacial score (nSPS) is 10.7. The number of rotatable bonds is 4. The number of para-hydroxylation sites is 1. The summed E-state index contributed by atoms with van der Waals surface area (Å²) in [5.74, 6) is 0.732. The molecule has 3 heteroatoms. The van der Waals surface area contributed by atoms with Crippen molar-refractivity contribution in [2.24, 2.45) is 0 Å². The standard InChI is InChI=1S/C11H13BrO2/c1-2-14-10-7-3-5-9(11(10)13)6-4-8-12/h3-7,13H,2,8H2,1H3. The summed E-state index contributed by atoms with van der Waals surface area (Å²) < 4.78 is 5.26. The van der Waals surface area contributed by atoms with Gasteiger partial charge in [-0.3, -0.25) is 0 Å². The minimum Gasteiger partial charge on any atom is -0.504 e. The van der Waals surface area contributed by atoms with Crippen LogP contribution in [0.4, 0.5) is 0 Å². The smallest absolute Gasteiger partial charge is 0.165 e.